The fourth-order valence-electron chi connectivity index (χ4n) is 2.59. The van der Waals surface area contributed by atoms with Gasteiger partial charge in [-0.15, -0.1) is 16.8 Å². The van der Waals surface area contributed by atoms with Gasteiger partial charge in [-0.25, -0.2) is 4.39 Å². The van der Waals surface area contributed by atoms with E-state index in [1.54, 1.807) is 31.2 Å². The Balaban J connectivity index is 1.64. The number of allylic oxidation sites excluding steroid dienone is 1. The van der Waals surface area contributed by atoms with Gasteiger partial charge in [-0.3, -0.25) is 9.36 Å². The molecule has 0 aliphatic rings. The lowest BCUT2D eigenvalue weighted by Crippen LogP contribution is -2.16. The molecule has 1 amide bonds. The lowest BCUT2D eigenvalue weighted by Gasteiger charge is -2.10. The molecule has 3 aromatic rings. The number of ether oxygens (including phenoxy) is 1. The Hall–Kier alpha value is -2.84. The van der Waals surface area contributed by atoms with Gasteiger partial charge < -0.3 is 10.1 Å². The molecule has 0 aliphatic heterocycles. The van der Waals surface area contributed by atoms with Crippen LogP contribution in [-0.2, 0) is 17.9 Å². The number of amides is 1. The third-order valence-electron chi connectivity index (χ3n) is 4.10. The SMILES string of the molecule is C=CCn1c(COc2ccccc2Cl)nnc1SCC(=O)Nc1cc(F)ccc1C. The molecule has 0 saturated carbocycles. The van der Waals surface area contributed by atoms with Gasteiger partial charge in [-0.1, -0.05) is 47.6 Å². The number of aryl methyl sites for hydroxylation is 1. The van der Waals surface area contributed by atoms with Gasteiger partial charge in [0.2, 0.25) is 5.91 Å². The van der Waals surface area contributed by atoms with Gasteiger partial charge >= 0.3 is 0 Å². The van der Waals surface area contributed by atoms with Gasteiger partial charge in [-0.2, -0.15) is 0 Å². The van der Waals surface area contributed by atoms with Crippen LogP contribution in [0.1, 0.15) is 11.4 Å². The Labute approximate surface area is 183 Å². The first-order valence-corrected chi connectivity index (χ1v) is 10.4. The van der Waals surface area contributed by atoms with E-state index < -0.39 is 5.82 Å². The predicted octanol–water partition coefficient (Wildman–Crippen LogP) is 4.87. The van der Waals surface area contributed by atoms with Gasteiger partial charge in [0.05, 0.1) is 10.8 Å². The van der Waals surface area contributed by atoms with Crippen molar-refractivity contribution < 1.29 is 13.9 Å². The van der Waals surface area contributed by atoms with Crippen LogP contribution in [0.4, 0.5) is 10.1 Å². The van der Waals surface area contributed by atoms with Gasteiger partial charge in [-0.05, 0) is 36.8 Å². The number of hydrogen-bond acceptors (Lipinski definition) is 5. The molecule has 0 aliphatic carbocycles. The van der Waals surface area contributed by atoms with Crippen LogP contribution < -0.4 is 10.1 Å². The molecular formula is C21H20ClFN4O2S. The maximum absolute atomic E-state index is 13.4. The molecule has 3 rings (SSSR count). The summed E-state index contributed by atoms with van der Waals surface area (Å²) in [5.74, 6) is 0.551. The summed E-state index contributed by atoms with van der Waals surface area (Å²) >= 11 is 7.34. The number of carbonyl (C=O) groups is 1. The molecule has 0 unspecified atom stereocenters. The molecule has 9 heteroatoms. The van der Waals surface area contributed by atoms with Crippen LogP contribution in [0, 0.1) is 12.7 Å². The van der Waals surface area contributed by atoms with E-state index in [4.69, 9.17) is 16.3 Å². The number of hydrogen-bond donors (Lipinski definition) is 1. The van der Waals surface area contributed by atoms with E-state index in [0.717, 1.165) is 5.56 Å². The molecule has 0 fully saturated rings. The van der Waals surface area contributed by atoms with E-state index in [-0.39, 0.29) is 18.3 Å². The number of para-hydroxylation sites is 1. The highest BCUT2D eigenvalue weighted by Gasteiger charge is 2.15. The highest BCUT2D eigenvalue weighted by Crippen LogP contribution is 2.25. The molecule has 1 heterocycles. The van der Waals surface area contributed by atoms with Gasteiger partial charge in [0.25, 0.3) is 0 Å². The number of aromatic nitrogens is 3. The minimum atomic E-state index is -0.405. The summed E-state index contributed by atoms with van der Waals surface area (Å²) in [5.41, 5.74) is 1.23. The van der Waals surface area contributed by atoms with Gasteiger partial charge in [0.1, 0.15) is 18.2 Å². The van der Waals surface area contributed by atoms with Crippen molar-refractivity contribution in [2.24, 2.45) is 0 Å². The maximum atomic E-state index is 13.4. The van der Waals surface area contributed by atoms with E-state index in [9.17, 15) is 9.18 Å². The van der Waals surface area contributed by atoms with Crippen LogP contribution in [0.15, 0.2) is 60.3 Å². The van der Waals surface area contributed by atoms with Gasteiger partial charge in [0, 0.05) is 12.2 Å². The number of benzene rings is 2. The smallest absolute Gasteiger partial charge is 0.234 e. The van der Waals surface area contributed by atoms with Crippen LogP contribution >= 0.6 is 23.4 Å². The highest BCUT2D eigenvalue weighted by atomic mass is 35.5. The number of halogens is 2. The molecular weight excluding hydrogens is 427 g/mol. The summed E-state index contributed by atoms with van der Waals surface area (Å²) in [6, 6.07) is 11.4. The summed E-state index contributed by atoms with van der Waals surface area (Å²) in [6.45, 7) is 6.18. The van der Waals surface area contributed by atoms with Crippen molar-refractivity contribution in [1.29, 1.82) is 0 Å². The van der Waals surface area contributed by atoms with E-state index >= 15 is 0 Å². The van der Waals surface area contributed by atoms with Crippen molar-refractivity contribution in [3.63, 3.8) is 0 Å². The second-order valence-electron chi connectivity index (χ2n) is 6.31. The van der Waals surface area contributed by atoms with Crippen molar-refractivity contribution >= 4 is 35.0 Å². The van der Waals surface area contributed by atoms with Gasteiger partial charge in [0.15, 0.2) is 11.0 Å². The highest BCUT2D eigenvalue weighted by molar-refractivity contribution is 7.99. The first-order valence-electron chi connectivity index (χ1n) is 9.07. The number of carbonyl (C=O) groups excluding carboxylic acids is 1. The Morgan fingerprint density at radius 2 is 2.13 bits per heavy atom. The van der Waals surface area contributed by atoms with E-state index in [1.807, 2.05) is 16.7 Å². The second-order valence-corrected chi connectivity index (χ2v) is 7.66. The first kappa shape index (κ1) is 21.9. The molecule has 0 saturated heterocycles. The van der Waals surface area contributed by atoms with Crippen LogP contribution in [0.2, 0.25) is 5.02 Å². The second kappa shape index (κ2) is 10.3. The normalized spacial score (nSPS) is 10.6. The van der Waals surface area contributed by atoms with Crippen molar-refractivity contribution in [1.82, 2.24) is 14.8 Å². The molecule has 30 heavy (non-hydrogen) atoms. The molecule has 0 spiro atoms. The zero-order valence-corrected chi connectivity index (χ0v) is 17.8. The molecule has 0 bridgehead atoms. The van der Waals surface area contributed by atoms with Crippen LogP contribution in [0.5, 0.6) is 5.75 Å². The summed E-state index contributed by atoms with van der Waals surface area (Å²) in [5, 5.41) is 12.1. The number of rotatable bonds is 9. The van der Waals surface area contributed by atoms with Crippen molar-refractivity contribution in [3.05, 3.63) is 77.3 Å². The van der Waals surface area contributed by atoms with E-state index in [1.165, 1.54) is 23.9 Å². The monoisotopic (exact) mass is 446 g/mol. The molecule has 156 valence electrons. The summed E-state index contributed by atoms with van der Waals surface area (Å²) in [6.07, 6.45) is 1.71. The van der Waals surface area contributed by atoms with Crippen LogP contribution in [0.3, 0.4) is 0 Å². The molecule has 6 nitrogen and oxygen atoms in total. The zero-order chi connectivity index (χ0) is 21.5. The number of thioether (sulfide) groups is 1. The molecule has 2 aromatic carbocycles. The Kier molecular flexibility index (Phi) is 7.48. The summed E-state index contributed by atoms with van der Waals surface area (Å²) in [4.78, 5) is 12.3. The molecule has 1 N–H and O–H groups in total. The minimum absolute atomic E-state index is 0.0938. The minimum Gasteiger partial charge on any atom is -0.484 e. The number of nitrogens with zero attached hydrogens (tertiary/aromatic N) is 3. The fourth-order valence-corrected chi connectivity index (χ4v) is 3.55. The molecule has 0 radical (unpaired) electrons. The summed E-state index contributed by atoms with van der Waals surface area (Å²) < 4.78 is 21.0. The largest absolute Gasteiger partial charge is 0.484 e. The van der Waals surface area contributed by atoms with Crippen molar-refractivity contribution in [3.8, 4) is 5.75 Å². The number of nitrogens with one attached hydrogen (secondary N) is 1. The van der Waals surface area contributed by atoms with Crippen LogP contribution in [-0.4, -0.2) is 26.4 Å². The summed E-state index contributed by atoms with van der Waals surface area (Å²) in [7, 11) is 0. The predicted molar refractivity (Wildman–Crippen MR) is 116 cm³/mol. The maximum Gasteiger partial charge on any atom is 0.234 e. The third kappa shape index (κ3) is 5.61. The van der Waals surface area contributed by atoms with Crippen molar-refractivity contribution in [2.45, 2.75) is 25.2 Å². The van der Waals surface area contributed by atoms with E-state index in [2.05, 4.69) is 22.1 Å². The Morgan fingerprint density at radius 3 is 2.90 bits per heavy atom. The average Bonchev–Trinajstić information content (AvgIpc) is 3.10. The van der Waals surface area contributed by atoms with Crippen LogP contribution in [0.25, 0.3) is 0 Å². The fraction of sp³-hybridized carbons (Fsp3) is 0.190. The lowest BCUT2D eigenvalue weighted by molar-refractivity contribution is -0.113. The average molecular weight is 447 g/mol. The first-order chi connectivity index (χ1) is 14.5. The lowest BCUT2D eigenvalue weighted by atomic mass is 10.2. The topological polar surface area (TPSA) is 69.0 Å². The standard InChI is InChI=1S/C21H20ClFN4O2S/c1-3-10-27-19(12-29-18-7-5-4-6-16(18)22)25-26-21(27)30-13-20(28)24-17-11-15(23)9-8-14(17)2/h3-9,11H,1,10,12-13H2,2H3,(H,24,28). The third-order valence-corrected chi connectivity index (χ3v) is 5.38. The molecule has 0 atom stereocenters. The molecule has 1 aromatic heterocycles. The quantitative estimate of drug-likeness (QED) is 0.375. The van der Waals surface area contributed by atoms with E-state index in [0.29, 0.717) is 34.0 Å². The Bertz CT molecular complexity index is 1060. The Morgan fingerprint density at radius 1 is 1.33 bits per heavy atom. The van der Waals surface area contributed by atoms with Crippen molar-refractivity contribution in [2.75, 3.05) is 11.1 Å². The number of anilines is 1. The zero-order valence-electron chi connectivity index (χ0n) is 16.3.